The molecule has 0 fully saturated rings. The quantitative estimate of drug-likeness (QED) is 0.0330. The van der Waals surface area contributed by atoms with Gasteiger partial charge in [0, 0.05) is 26.2 Å². The number of benzene rings is 6. The molecule has 8 rings (SSSR count). The second-order valence-electron chi connectivity index (χ2n) is 19.9. The number of anilines is 2. The van der Waals surface area contributed by atoms with Gasteiger partial charge in [-0.3, -0.25) is 0 Å². The normalized spacial score (nSPS) is 13.4. The van der Waals surface area contributed by atoms with E-state index < -0.39 is 56.5 Å². The monoisotopic (exact) mass is 1160 g/mol. The van der Waals surface area contributed by atoms with E-state index in [1.165, 1.54) is 32.1 Å². The highest BCUT2D eigenvalue weighted by molar-refractivity contribution is 7.89. The SMILES string of the molecule is CC(C)CN(C[C@@H](O)[C@H](Cc1ccccc1)NC(=O)OCc1ccccc1)S(=O)(=O)c1ccc2nc(N)sc2c1.CC(C)CN(C[C@@H](O)[C@H](Cc1ccccc1)NC(=O)OCc1ccccc1)S(=O)(=O)c1cccc2nc(N)sc12. The molecule has 2 amide bonds. The van der Waals surface area contributed by atoms with Crippen LogP contribution < -0.4 is 22.1 Å². The summed E-state index contributed by atoms with van der Waals surface area (Å²) in [6.45, 7) is 7.64. The van der Waals surface area contributed by atoms with E-state index in [0.29, 0.717) is 25.6 Å². The lowest BCUT2D eigenvalue weighted by atomic mass is 10.0. The number of nitrogens with zero attached hydrogens (tertiary/aromatic N) is 4. The van der Waals surface area contributed by atoms with Crippen LogP contribution in [0.25, 0.3) is 20.4 Å². The van der Waals surface area contributed by atoms with Crippen LogP contribution in [-0.2, 0) is 55.6 Å². The Morgan fingerprint density at radius 2 is 0.963 bits per heavy atom. The van der Waals surface area contributed by atoms with Crippen molar-refractivity contribution in [1.29, 1.82) is 0 Å². The number of aromatic nitrogens is 2. The molecule has 0 unspecified atom stereocenters. The van der Waals surface area contributed by atoms with Gasteiger partial charge in [-0.2, -0.15) is 8.61 Å². The molecular formula is C58H68N8O10S4. The van der Waals surface area contributed by atoms with E-state index in [1.54, 1.807) is 24.3 Å². The number of ether oxygens (including phenoxy) is 2. The number of rotatable bonds is 24. The second-order valence-corrected chi connectivity index (χ2v) is 25.8. The Morgan fingerprint density at radius 1 is 0.537 bits per heavy atom. The van der Waals surface area contributed by atoms with Crippen molar-refractivity contribution in [2.75, 3.05) is 37.6 Å². The van der Waals surface area contributed by atoms with Crippen molar-refractivity contribution in [2.45, 2.75) is 87.8 Å². The Balaban J connectivity index is 0.000000231. The van der Waals surface area contributed by atoms with Crippen molar-refractivity contribution in [3.05, 3.63) is 180 Å². The highest BCUT2D eigenvalue weighted by Crippen LogP contribution is 2.33. The zero-order valence-corrected chi connectivity index (χ0v) is 48.1. The van der Waals surface area contributed by atoms with Gasteiger partial charge < -0.3 is 41.8 Å². The van der Waals surface area contributed by atoms with Crippen LogP contribution in [0.15, 0.2) is 168 Å². The molecular weight excluding hydrogens is 1100 g/mol. The number of fused-ring (bicyclic) bond motifs is 2. The van der Waals surface area contributed by atoms with E-state index in [2.05, 4.69) is 20.6 Å². The fourth-order valence-corrected chi connectivity index (χ4v) is 14.1. The maximum absolute atomic E-state index is 13.9. The molecule has 18 nitrogen and oxygen atoms in total. The molecule has 0 aliphatic rings. The first kappa shape index (κ1) is 60.6. The average molecular weight is 1170 g/mol. The number of aliphatic hydroxyl groups excluding tert-OH is 2. The van der Waals surface area contributed by atoms with E-state index in [9.17, 15) is 36.6 Å². The van der Waals surface area contributed by atoms with Crippen molar-refractivity contribution in [2.24, 2.45) is 11.8 Å². The lowest BCUT2D eigenvalue weighted by molar-refractivity contribution is 0.0873. The van der Waals surface area contributed by atoms with Crippen molar-refractivity contribution < 1.29 is 46.1 Å². The molecule has 0 aliphatic heterocycles. The van der Waals surface area contributed by atoms with Crippen molar-refractivity contribution >= 4 is 85.6 Å². The Morgan fingerprint density at radius 3 is 1.43 bits per heavy atom. The fourth-order valence-electron chi connectivity index (χ4n) is 8.68. The number of nitrogens with two attached hydrogens (primary N) is 2. The maximum Gasteiger partial charge on any atom is 0.407 e. The van der Waals surface area contributed by atoms with E-state index in [4.69, 9.17) is 20.9 Å². The number of hydrogen-bond acceptors (Lipinski definition) is 16. The summed E-state index contributed by atoms with van der Waals surface area (Å²) in [5.74, 6) is -0.0368. The number of nitrogen functional groups attached to an aromatic ring is 2. The zero-order valence-electron chi connectivity index (χ0n) is 44.9. The highest BCUT2D eigenvalue weighted by atomic mass is 32.2. The molecule has 0 bridgehead atoms. The molecule has 2 aromatic heterocycles. The van der Waals surface area contributed by atoms with Crippen LogP contribution >= 0.6 is 22.7 Å². The summed E-state index contributed by atoms with van der Waals surface area (Å²) in [5, 5.41) is 28.9. The van der Waals surface area contributed by atoms with Gasteiger partial charge in [-0.1, -0.05) is 178 Å². The molecule has 0 spiro atoms. The first-order valence-corrected chi connectivity index (χ1v) is 30.5. The molecule has 6 aromatic carbocycles. The van der Waals surface area contributed by atoms with Crippen LogP contribution in [0.3, 0.4) is 0 Å². The minimum Gasteiger partial charge on any atom is -0.445 e. The van der Waals surface area contributed by atoms with Gasteiger partial charge in [-0.05, 0) is 77.3 Å². The smallest absolute Gasteiger partial charge is 0.407 e. The highest BCUT2D eigenvalue weighted by Gasteiger charge is 2.34. The third kappa shape index (κ3) is 17.2. The molecule has 424 valence electrons. The van der Waals surface area contributed by atoms with Crippen LogP contribution in [0.5, 0.6) is 0 Å². The van der Waals surface area contributed by atoms with Crippen molar-refractivity contribution in [3.63, 3.8) is 0 Å². The predicted octanol–water partition coefficient (Wildman–Crippen LogP) is 8.85. The van der Waals surface area contributed by atoms with Crippen LogP contribution in [0.2, 0.25) is 0 Å². The lowest BCUT2D eigenvalue weighted by Gasteiger charge is -2.30. The Labute approximate surface area is 475 Å². The fraction of sp³-hybridized carbons (Fsp3) is 0.310. The minimum absolute atomic E-state index is 0.0128. The van der Waals surface area contributed by atoms with Crippen LogP contribution in [-0.4, -0.2) is 108 Å². The number of carbonyl (C=O) groups excluding carboxylic acids is 2. The molecule has 0 saturated carbocycles. The topological polar surface area (TPSA) is 270 Å². The summed E-state index contributed by atoms with van der Waals surface area (Å²) in [6.07, 6.45) is -3.30. The molecule has 0 radical (unpaired) electrons. The molecule has 4 atom stereocenters. The average Bonchev–Trinajstić information content (AvgIpc) is 4.02. The van der Waals surface area contributed by atoms with Gasteiger partial charge in [-0.15, -0.1) is 0 Å². The number of hydrogen-bond donors (Lipinski definition) is 6. The second kappa shape index (κ2) is 28.4. The summed E-state index contributed by atoms with van der Waals surface area (Å²) in [5.41, 5.74) is 16.2. The first-order chi connectivity index (χ1) is 38.2. The Hall–Kier alpha value is -7.02. The molecule has 80 heavy (non-hydrogen) atoms. The van der Waals surface area contributed by atoms with Crippen molar-refractivity contribution in [1.82, 2.24) is 29.2 Å². The van der Waals surface area contributed by atoms with Gasteiger partial charge >= 0.3 is 12.2 Å². The third-order valence-corrected chi connectivity index (χ3v) is 18.1. The van der Waals surface area contributed by atoms with Gasteiger partial charge in [0.2, 0.25) is 20.0 Å². The first-order valence-electron chi connectivity index (χ1n) is 25.9. The summed E-state index contributed by atoms with van der Waals surface area (Å²) < 4.78 is 69.8. The summed E-state index contributed by atoms with van der Waals surface area (Å²) in [6, 6.07) is 45.2. The van der Waals surface area contributed by atoms with Gasteiger partial charge in [-0.25, -0.2) is 36.4 Å². The van der Waals surface area contributed by atoms with Gasteiger partial charge in [0.1, 0.15) is 18.1 Å². The summed E-state index contributed by atoms with van der Waals surface area (Å²) >= 11 is 2.32. The van der Waals surface area contributed by atoms with Gasteiger partial charge in [0.15, 0.2) is 10.3 Å². The standard InChI is InChI=1S/2C29H34N4O5S2/c1-20(2)17-33(40(36,37)26-15-9-14-23-27(26)39-28(30)31-23)18-25(34)24(16-21-10-5-3-6-11-21)32-29(35)38-19-22-12-7-4-8-13-22;1-20(2)17-33(40(36,37)23-13-14-24-27(16-23)39-28(30)31-24)18-26(34)25(15-21-9-5-3-6-10-21)32-29(35)38-19-22-11-7-4-8-12-22/h3-15,20,24-25,34H,16-19H2,1-2H3,(H2,30,31)(H,32,35);3-14,16,20,25-26,34H,15,17-19H2,1-2H3,(H2,30,31)(H,32,35)/t24-,25+;25-,26+/m00/s1. The number of amides is 2. The van der Waals surface area contributed by atoms with E-state index >= 15 is 0 Å². The molecule has 22 heteroatoms. The van der Waals surface area contributed by atoms with Crippen LogP contribution in [0.1, 0.15) is 49.9 Å². The molecule has 0 aliphatic carbocycles. The number of thiazole rings is 2. The summed E-state index contributed by atoms with van der Waals surface area (Å²) in [7, 11) is -8.03. The lowest BCUT2D eigenvalue weighted by Crippen LogP contribution is -2.51. The number of nitrogens with one attached hydrogen (secondary N) is 2. The van der Waals surface area contributed by atoms with Crippen LogP contribution in [0.4, 0.5) is 19.9 Å². The Kier molecular flexibility index (Phi) is 21.5. The minimum atomic E-state index is -4.04. The van der Waals surface area contributed by atoms with E-state index in [0.717, 1.165) is 33.6 Å². The van der Waals surface area contributed by atoms with Gasteiger partial charge in [0.25, 0.3) is 0 Å². The summed E-state index contributed by atoms with van der Waals surface area (Å²) in [4.78, 5) is 34.1. The number of aliphatic hydroxyl groups is 2. The molecule has 8 N–H and O–H groups in total. The van der Waals surface area contributed by atoms with Gasteiger partial charge in [0.05, 0.1) is 49.6 Å². The maximum atomic E-state index is 13.9. The number of carbonyl (C=O) groups is 2. The predicted molar refractivity (Wildman–Crippen MR) is 315 cm³/mol. The third-order valence-electron chi connectivity index (χ3n) is 12.5. The van der Waals surface area contributed by atoms with E-state index in [-0.39, 0.29) is 79.0 Å². The number of sulfonamides is 2. The van der Waals surface area contributed by atoms with Crippen LogP contribution in [0, 0.1) is 11.8 Å². The molecule has 0 saturated heterocycles. The molecule has 2 heterocycles. The zero-order chi connectivity index (χ0) is 57.4. The molecule has 8 aromatic rings. The Bertz CT molecular complexity index is 3480. The van der Waals surface area contributed by atoms with Crippen molar-refractivity contribution in [3.8, 4) is 0 Å². The largest absolute Gasteiger partial charge is 0.445 e. The van der Waals surface area contributed by atoms with E-state index in [1.807, 2.05) is 149 Å². The number of alkyl carbamates (subject to hydrolysis) is 2.